The molecular formula is C27H41F2N3. The average Bonchev–Trinajstić information content (AvgIpc) is 3.23. The molecule has 178 valence electrons. The summed E-state index contributed by atoms with van der Waals surface area (Å²) in [6, 6.07) is 8.90. The smallest absolute Gasteiger partial charge is 0.138 e. The van der Waals surface area contributed by atoms with Crippen LogP contribution in [0, 0.1) is 0 Å². The Hall–Kier alpha value is -2.69. The van der Waals surface area contributed by atoms with Crippen molar-refractivity contribution in [2.75, 3.05) is 7.18 Å². The van der Waals surface area contributed by atoms with E-state index in [9.17, 15) is 8.78 Å². The van der Waals surface area contributed by atoms with Crippen LogP contribution in [0.1, 0.15) is 71.9 Å². The number of benzene rings is 1. The quantitative estimate of drug-likeness (QED) is 0.468. The van der Waals surface area contributed by atoms with E-state index >= 15 is 0 Å². The lowest BCUT2D eigenvalue weighted by Gasteiger charge is -2.21. The van der Waals surface area contributed by atoms with E-state index < -0.39 is 0 Å². The second kappa shape index (κ2) is 16.9. The van der Waals surface area contributed by atoms with Gasteiger partial charge in [-0.2, -0.15) is 0 Å². The number of hydrogen-bond acceptors (Lipinski definition) is 3. The molecule has 0 radical (unpaired) electrons. The highest BCUT2D eigenvalue weighted by Crippen LogP contribution is 2.19. The third kappa shape index (κ3) is 10.6. The van der Waals surface area contributed by atoms with Crippen molar-refractivity contribution >= 4 is 5.71 Å². The summed E-state index contributed by atoms with van der Waals surface area (Å²) >= 11 is 0. The number of halogens is 2. The molecule has 0 saturated carbocycles. The highest BCUT2D eigenvalue weighted by atomic mass is 19.1. The minimum Gasteiger partial charge on any atom is -0.358 e. The number of nitrogens with one attached hydrogen (secondary N) is 1. The predicted octanol–water partition coefficient (Wildman–Crippen LogP) is 7.81. The molecule has 0 bridgehead atoms. The third-order valence-corrected chi connectivity index (χ3v) is 4.36. The lowest BCUT2D eigenvalue weighted by Crippen LogP contribution is -2.24. The number of nitrogens with zero attached hydrogens (tertiary/aromatic N) is 2. The molecule has 1 aromatic rings. The first-order valence-electron chi connectivity index (χ1n) is 11.3. The normalized spacial score (nSPS) is 15.7. The van der Waals surface area contributed by atoms with Crippen molar-refractivity contribution in [2.45, 2.75) is 73.5 Å². The first-order chi connectivity index (χ1) is 15.4. The SMILES string of the molecule is CC.CC(C)=CF.CC/C=C/C1N=C2C=CN(Cc3ccc(C(C)C)cc3)C=C2N1.CF. The average molecular weight is 446 g/mol. The number of alkyl halides is 1. The van der Waals surface area contributed by atoms with Gasteiger partial charge in [0.05, 0.1) is 24.9 Å². The molecule has 0 fully saturated rings. The van der Waals surface area contributed by atoms with E-state index in [1.807, 2.05) is 13.8 Å². The zero-order valence-electron chi connectivity index (χ0n) is 21.0. The van der Waals surface area contributed by atoms with Crippen LogP contribution in [0.5, 0.6) is 0 Å². The van der Waals surface area contributed by atoms with Crippen LogP contribution in [-0.2, 0) is 6.54 Å². The van der Waals surface area contributed by atoms with E-state index in [0.717, 1.165) is 24.4 Å². The van der Waals surface area contributed by atoms with Crippen molar-refractivity contribution in [1.82, 2.24) is 10.2 Å². The van der Waals surface area contributed by atoms with Crippen molar-refractivity contribution in [3.63, 3.8) is 0 Å². The molecule has 2 heterocycles. The van der Waals surface area contributed by atoms with E-state index in [2.05, 4.69) is 90.9 Å². The maximum absolute atomic E-state index is 11.0. The number of aliphatic imine (C=N–C) groups is 1. The molecule has 0 spiro atoms. The molecule has 2 aliphatic heterocycles. The fourth-order valence-corrected chi connectivity index (χ4v) is 2.77. The fraction of sp³-hybridized carbons (Fsp3) is 0.444. The van der Waals surface area contributed by atoms with Crippen molar-refractivity contribution in [2.24, 2.45) is 4.99 Å². The van der Waals surface area contributed by atoms with Gasteiger partial charge in [0.2, 0.25) is 0 Å². The van der Waals surface area contributed by atoms with E-state index in [0.29, 0.717) is 25.0 Å². The van der Waals surface area contributed by atoms with Crippen molar-refractivity contribution < 1.29 is 8.78 Å². The largest absolute Gasteiger partial charge is 0.358 e. The maximum atomic E-state index is 11.0. The first-order valence-corrected chi connectivity index (χ1v) is 11.3. The molecule has 1 aromatic carbocycles. The predicted molar refractivity (Wildman–Crippen MR) is 136 cm³/mol. The molecule has 32 heavy (non-hydrogen) atoms. The standard InChI is InChI=1S/C20H25N3.C4H7F.C2H6.CH3F/c1-4-5-6-20-21-18-11-12-23(14-19(18)22-20)13-16-7-9-17(10-8-16)15(2)3;1-4(2)3-5;2*1-2/h5-12,14-15,20,22H,4,13H2,1-3H3;3H,1-2H3;1-2H3;1H3/b6-5+;;;. The van der Waals surface area contributed by atoms with Crippen LogP contribution in [-0.4, -0.2) is 24.0 Å². The summed E-state index contributed by atoms with van der Waals surface area (Å²) in [7, 11) is 0.500. The first kappa shape index (κ1) is 29.3. The zero-order valence-corrected chi connectivity index (χ0v) is 21.0. The van der Waals surface area contributed by atoms with Gasteiger partial charge < -0.3 is 10.2 Å². The Bertz CT molecular complexity index is 784. The minimum atomic E-state index is 0.0751. The molecule has 2 aliphatic rings. The van der Waals surface area contributed by atoms with Crippen LogP contribution in [0.25, 0.3) is 0 Å². The van der Waals surface area contributed by atoms with Gasteiger partial charge in [0, 0.05) is 18.9 Å². The minimum absolute atomic E-state index is 0.0751. The topological polar surface area (TPSA) is 27.6 Å². The van der Waals surface area contributed by atoms with Crippen LogP contribution in [0.3, 0.4) is 0 Å². The third-order valence-electron chi connectivity index (χ3n) is 4.36. The highest BCUT2D eigenvalue weighted by Gasteiger charge is 2.20. The summed E-state index contributed by atoms with van der Waals surface area (Å²) < 4.78 is 20.5. The molecule has 1 N–H and O–H groups in total. The zero-order chi connectivity index (χ0) is 24.5. The Morgan fingerprint density at radius 3 is 2.25 bits per heavy atom. The van der Waals surface area contributed by atoms with Gasteiger partial charge in [-0.15, -0.1) is 0 Å². The summed E-state index contributed by atoms with van der Waals surface area (Å²) in [4.78, 5) is 6.86. The molecular weight excluding hydrogens is 404 g/mol. The molecule has 1 unspecified atom stereocenters. The van der Waals surface area contributed by atoms with Crippen molar-refractivity contribution in [1.29, 1.82) is 0 Å². The number of allylic oxidation sites excluding steroid dienone is 3. The van der Waals surface area contributed by atoms with Crippen LogP contribution in [0.4, 0.5) is 8.78 Å². The van der Waals surface area contributed by atoms with E-state index in [4.69, 9.17) is 0 Å². The number of fused-ring (bicyclic) bond motifs is 1. The van der Waals surface area contributed by atoms with Gasteiger partial charge in [-0.1, -0.05) is 65.0 Å². The second-order valence-corrected chi connectivity index (χ2v) is 7.55. The summed E-state index contributed by atoms with van der Waals surface area (Å²) in [5, 5.41) is 3.45. The monoisotopic (exact) mass is 445 g/mol. The van der Waals surface area contributed by atoms with Gasteiger partial charge in [-0.05, 0) is 55.0 Å². The number of rotatable bonds is 5. The molecule has 5 heteroatoms. The molecule has 0 aliphatic carbocycles. The summed E-state index contributed by atoms with van der Waals surface area (Å²) in [6.07, 6.45) is 12.3. The number of hydrogen-bond donors (Lipinski definition) is 1. The van der Waals surface area contributed by atoms with Gasteiger partial charge >= 0.3 is 0 Å². The van der Waals surface area contributed by atoms with Gasteiger partial charge in [0.1, 0.15) is 6.17 Å². The van der Waals surface area contributed by atoms with Crippen molar-refractivity contribution in [3.05, 3.63) is 83.6 Å². The molecule has 3 rings (SSSR count). The molecule has 0 aromatic heterocycles. The Balaban J connectivity index is 0.000000928. The maximum Gasteiger partial charge on any atom is 0.138 e. The molecule has 1 atom stereocenters. The lowest BCUT2D eigenvalue weighted by atomic mass is 10.0. The molecule has 0 amide bonds. The van der Waals surface area contributed by atoms with Gasteiger partial charge in [0.25, 0.3) is 0 Å². The van der Waals surface area contributed by atoms with Crippen LogP contribution in [0.2, 0.25) is 0 Å². The summed E-state index contributed by atoms with van der Waals surface area (Å²) in [6.45, 7) is 14.9. The Kier molecular flexibility index (Phi) is 15.5. The lowest BCUT2D eigenvalue weighted by molar-refractivity contribution is 0.493. The van der Waals surface area contributed by atoms with E-state index in [1.165, 1.54) is 11.1 Å². The van der Waals surface area contributed by atoms with Gasteiger partial charge in [0.15, 0.2) is 0 Å². The second-order valence-electron chi connectivity index (χ2n) is 7.55. The van der Waals surface area contributed by atoms with Crippen LogP contribution < -0.4 is 5.32 Å². The van der Waals surface area contributed by atoms with Crippen molar-refractivity contribution in [3.8, 4) is 0 Å². The van der Waals surface area contributed by atoms with Gasteiger partial charge in [-0.25, -0.2) is 4.39 Å². The molecule has 3 nitrogen and oxygen atoms in total. The fourth-order valence-electron chi connectivity index (χ4n) is 2.77. The Morgan fingerprint density at radius 2 is 1.75 bits per heavy atom. The Morgan fingerprint density at radius 1 is 1.16 bits per heavy atom. The summed E-state index contributed by atoms with van der Waals surface area (Å²) in [5.41, 5.74) is 5.57. The molecule has 0 saturated heterocycles. The van der Waals surface area contributed by atoms with E-state index in [1.54, 1.807) is 13.8 Å². The highest BCUT2D eigenvalue weighted by molar-refractivity contribution is 6.10. The Labute approximate surface area is 194 Å². The summed E-state index contributed by atoms with van der Waals surface area (Å²) in [5.74, 6) is 0.579. The van der Waals surface area contributed by atoms with Gasteiger partial charge in [-0.3, -0.25) is 9.38 Å². The van der Waals surface area contributed by atoms with Crippen LogP contribution >= 0.6 is 0 Å². The van der Waals surface area contributed by atoms with E-state index in [-0.39, 0.29) is 6.17 Å². The van der Waals surface area contributed by atoms with Crippen LogP contribution in [0.15, 0.2) is 77.5 Å².